The molecule has 0 bridgehead atoms. The summed E-state index contributed by atoms with van der Waals surface area (Å²) in [5.41, 5.74) is 9.30. The standard InChI is InChI=1S/C21H30N2O2.ClH/c1-15-10-11-23(19(12-15)14-22)21(25)9-8-20(24)18-7-6-16-4-2-3-5-17(16)13-18;/h6-7,13,15,19H,2-5,8-12,14,22H2,1H3;1H. The van der Waals surface area contributed by atoms with Gasteiger partial charge in [-0.05, 0) is 61.6 Å². The van der Waals surface area contributed by atoms with Gasteiger partial charge in [0.25, 0.3) is 0 Å². The number of amides is 1. The van der Waals surface area contributed by atoms with Crippen LogP contribution in [0.3, 0.4) is 0 Å². The van der Waals surface area contributed by atoms with E-state index in [1.54, 1.807) is 0 Å². The van der Waals surface area contributed by atoms with Crippen molar-refractivity contribution in [2.45, 2.75) is 64.3 Å². The van der Waals surface area contributed by atoms with Crippen molar-refractivity contribution < 1.29 is 9.59 Å². The number of hydrogen-bond acceptors (Lipinski definition) is 3. The Morgan fingerprint density at radius 2 is 1.88 bits per heavy atom. The molecule has 0 saturated carbocycles. The highest BCUT2D eigenvalue weighted by Crippen LogP contribution is 2.24. The number of nitrogens with two attached hydrogens (primary N) is 1. The van der Waals surface area contributed by atoms with E-state index in [2.05, 4.69) is 13.0 Å². The molecular weight excluding hydrogens is 348 g/mol. The first kappa shape index (κ1) is 20.9. The molecule has 1 heterocycles. The minimum absolute atomic E-state index is 0. The van der Waals surface area contributed by atoms with Crippen LogP contribution < -0.4 is 5.73 Å². The Morgan fingerprint density at radius 3 is 2.62 bits per heavy atom. The van der Waals surface area contributed by atoms with Crippen molar-refractivity contribution in [1.82, 2.24) is 4.90 Å². The molecule has 1 aromatic rings. The Kier molecular flexibility index (Phi) is 7.66. The first-order chi connectivity index (χ1) is 12.1. The molecule has 1 aliphatic heterocycles. The van der Waals surface area contributed by atoms with Gasteiger partial charge in [-0.2, -0.15) is 0 Å². The number of carbonyl (C=O) groups excluding carboxylic acids is 2. The molecule has 144 valence electrons. The second-order valence-electron chi connectivity index (χ2n) is 7.72. The maximum atomic E-state index is 12.6. The van der Waals surface area contributed by atoms with Crippen molar-refractivity contribution in [3.63, 3.8) is 0 Å². The van der Waals surface area contributed by atoms with Gasteiger partial charge >= 0.3 is 0 Å². The molecule has 0 spiro atoms. The second-order valence-corrected chi connectivity index (χ2v) is 7.72. The number of likely N-dealkylation sites (tertiary alicyclic amines) is 1. The van der Waals surface area contributed by atoms with Crippen molar-refractivity contribution in [1.29, 1.82) is 0 Å². The summed E-state index contributed by atoms with van der Waals surface area (Å²) in [7, 11) is 0. The Hall–Kier alpha value is -1.39. The van der Waals surface area contributed by atoms with Gasteiger partial charge in [-0.15, -0.1) is 12.4 Å². The van der Waals surface area contributed by atoms with E-state index in [0.717, 1.165) is 37.8 Å². The Balaban J connectivity index is 0.00000243. The molecule has 4 nitrogen and oxygen atoms in total. The number of nitrogens with zero attached hydrogens (tertiary/aromatic N) is 1. The highest BCUT2D eigenvalue weighted by atomic mass is 35.5. The van der Waals surface area contributed by atoms with Crippen LogP contribution in [0.1, 0.15) is 66.9 Å². The molecule has 2 unspecified atom stereocenters. The SMILES string of the molecule is CC1CCN(C(=O)CCC(=O)c2ccc3c(c2)CCCC3)C(CN)C1.Cl. The largest absolute Gasteiger partial charge is 0.338 e. The first-order valence-corrected chi connectivity index (χ1v) is 9.73. The maximum Gasteiger partial charge on any atom is 0.223 e. The van der Waals surface area contributed by atoms with Crippen LogP contribution in [0.4, 0.5) is 0 Å². The topological polar surface area (TPSA) is 63.4 Å². The molecule has 0 radical (unpaired) electrons. The highest BCUT2D eigenvalue weighted by Gasteiger charge is 2.28. The molecule has 2 aliphatic rings. The van der Waals surface area contributed by atoms with Crippen molar-refractivity contribution >= 4 is 24.1 Å². The zero-order valence-electron chi connectivity index (χ0n) is 15.7. The summed E-state index contributed by atoms with van der Waals surface area (Å²) >= 11 is 0. The summed E-state index contributed by atoms with van der Waals surface area (Å²) < 4.78 is 0. The molecule has 2 N–H and O–H groups in total. The molecule has 1 saturated heterocycles. The van der Waals surface area contributed by atoms with Gasteiger partial charge in [-0.25, -0.2) is 0 Å². The van der Waals surface area contributed by atoms with Crippen LogP contribution in [0.2, 0.25) is 0 Å². The van der Waals surface area contributed by atoms with Gasteiger partial charge in [-0.3, -0.25) is 9.59 Å². The van der Waals surface area contributed by atoms with Crippen LogP contribution >= 0.6 is 12.4 Å². The van der Waals surface area contributed by atoms with Gasteiger partial charge in [0.15, 0.2) is 5.78 Å². The molecule has 1 fully saturated rings. The van der Waals surface area contributed by atoms with Gasteiger partial charge in [0, 0.05) is 37.5 Å². The number of aryl methyl sites for hydroxylation is 2. The smallest absolute Gasteiger partial charge is 0.223 e. The number of rotatable bonds is 5. The van der Waals surface area contributed by atoms with Crippen molar-refractivity contribution in [2.75, 3.05) is 13.1 Å². The summed E-state index contributed by atoms with van der Waals surface area (Å²) in [6.45, 7) is 3.49. The lowest BCUT2D eigenvalue weighted by Crippen LogP contribution is -2.49. The van der Waals surface area contributed by atoms with Crippen LogP contribution in [-0.2, 0) is 17.6 Å². The number of fused-ring (bicyclic) bond motifs is 1. The van der Waals surface area contributed by atoms with E-state index in [9.17, 15) is 9.59 Å². The minimum Gasteiger partial charge on any atom is -0.338 e. The van der Waals surface area contributed by atoms with Crippen LogP contribution in [0.25, 0.3) is 0 Å². The van der Waals surface area contributed by atoms with Crippen LogP contribution in [0.5, 0.6) is 0 Å². The van der Waals surface area contributed by atoms with E-state index in [-0.39, 0.29) is 30.1 Å². The fourth-order valence-corrected chi connectivity index (χ4v) is 4.22. The van der Waals surface area contributed by atoms with Crippen LogP contribution in [0, 0.1) is 5.92 Å². The average molecular weight is 379 g/mol. The molecule has 2 atom stereocenters. The predicted octanol–water partition coefficient (Wildman–Crippen LogP) is 3.54. The van der Waals surface area contributed by atoms with Gasteiger partial charge in [0.05, 0.1) is 0 Å². The van der Waals surface area contributed by atoms with Crippen LogP contribution in [-0.4, -0.2) is 35.7 Å². The van der Waals surface area contributed by atoms with Crippen molar-refractivity contribution in [3.05, 3.63) is 34.9 Å². The van der Waals surface area contributed by atoms with Crippen molar-refractivity contribution in [3.8, 4) is 0 Å². The zero-order valence-corrected chi connectivity index (χ0v) is 16.5. The molecular formula is C21H31ClN2O2. The lowest BCUT2D eigenvalue weighted by Gasteiger charge is -2.38. The molecule has 1 amide bonds. The molecule has 3 rings (SSSR count). The third-order valence-electron chi connectivity index (χ3n) is 5.81. The molecule has 5 heteroatoms. The number of halogens is 1. The maximum absolute atomic E-state index is 12.6. The fourth-order valence-electron chi connectivity index (χ4n) is 4.22. The molecule has 0 aromatic heterocycles. The van der Waals surface area contributed by atoms with Gasteiger partial charge in [-0.1, -0.05) is 19.1 Å². The third kappa shape index (κ3) is 4.86. The van der Waals surface area contributed by atoms with E-state index < -0.39 is 0 Å². The summed E-state index contributed by atoms with van der Waals surface area (Å²) in [5.74, 6) is 0.778. The van der Waals surface area contributed by atoms with Crippen LogP contribution in [0.15, 0.2) is 18.2 Å². The summed E-state index contributed by atoms with van der Waals surface area (Å²) in [6.07, 6.45) is 7.22. The third-order valence-corrected chi connectivity index (χ3v) is 5.81. The Bertz CT molecular complexity index is 647. The molecule has 1 aliphatic carbocycles. The Labute approximate surface area is 162 Å². The lowest BCUT2D eigenvalue weighted by molar-refractivity contribution is -0.135. The van der Waals surface area contributed by atoms with Gasteiger partial charge < -0.3 is 10.6 Å². The molecule has 26 heavy (non-hydrogen) atoms. The van der Waals surface area contributed by atoms with E-state index in [0.29, 0.717) is 25.3 Å². The van der Waals surface area contributed by atoms with Gasteiger partial charge in [0.1, 0.15) is 0 Å². The highest BCUT2D eigenvalue weighted by molar-refractivity contribution is 5.98. The summed E-state index contributed by atoms with van der Waals surface area (Å²) in [4.78, 5) is 27.0. The second kappa shape index (κ2) is 9.52. The van der Waals surface area contributed by atoms with E-state index in [4.69, 9.17) is 5.73 Å². The summed E-state index contributed by atoms with van der Waals surface area (Å²) in [6, 6.07) is 6.21. The number of ketones is 1. The first-order valence-electron chi connectivity index (χ1n) is 9.73. The number of hydrogen-bond donors (Lipinski definition) is 1. The monoisotopic (exact) mass is 378 g/mol. The summed E-state index contributed by atoms with van der Waals surface area (Å²) in [5, 5.41) is 0. The number of piperidine rings is 1. The number of Topliss-reactive ketones (excluding diaryl/α,β-unsaturated/α-hetero) is 1. The fraction of sp³-hybridized carbons (Fsp3) is 0.619. The molecule has 1 aromatic carbocycles. The number of benzene rings is 1. The predicted molar refractivity (Wildman–Crippen MR) is 107 cm³/mol. The lowest BCUT2D eigenvalue weighted by atomic mass is 9.89. The average Bonchev–Trinajstić information content (AvgIpc) is 2.65. The normalized spacial score (nSPS) is 22.3. The van der Waals surface area contributed by atoms with Crippen molar-refractivity contribution in [2.24, 2.45) is 11.7 Å². The van der Waals surface area contributed by atoms with Gasteiger partial charge in [0.2, 0.25) is 5.91 Å². The van der Waals surface area contributed by atoms with E-state index in [1.807, 2.05) is 17.0 Å². The number of carbonyl (C=O) groups is 2. The minimum atomic E-state index is 0. The Morgan fingerprint density at radius 1 is 1.15 bits per heavy atom. The van der Waals surface area contributed by atoms with E-state index in [1.165, 1.54) is 24.0 Å². The quantitative estimate of drug-likeness (QED) is 0.797. The zero-order chi connectivity index (χ0) is 17.8. The van der Waals surface area contributed by atoms with E-state index >= 15 is 0 Å².